The summed E-state index contributed by atoms with van der Waals surface area (Å²) in [7, 11) is 0. The zero-order valence-corrected chi connectivity index (χ0v) is 15.3. The highest BCUT2D eigenvalue weighted by Gasteiger charge is 2.25. The van der Waals surface area contributed by atoms with Gasteiger partial charge in [-0.25, -0.2) is 0 Å². The molecule has 0 bridgehead atoms. The molecule has 0 aliphatic rings. The summed E-state index contributed by atoms with van der Waals surface area (Å²) in [5.41, 5.74) is 3.41. The van der Waals surface area contributed by atoms with Crippen molar-refractivity contribution < 1.29 is 4.79 Å². The second kappa shape index (κ2) is 9.60. The van der Waals surface area contributed by atoms with Crippen LogP contribution in [0.25, 0.3) is 0 Å². The number of nitrogens with zero attached hydrogens (tertiary/aromatic N) is 1. The molecule has 3 nitrogen and oxygen atoms in total. The lowest BCUT2D eigenvalue weighted by Crippen LogP contribution is -2.42. The van der Waals surface area contributed by atoms with Crippen LogP contribution in [0.15, 0.2) is 91.0 Å². The van der Waals surface area contributed by atoms with Crippen molar-refractivity contribution in [3.63, 3.8) is 0 Å². The molecule has 1 atom stereocenters. The Morgan fingerprint density at radius 2 is 1.15 bits per heavy atom. The molecular weight excluding hydrogens is 332 g/mol. The quantitative estimate of drug-likeness (QED) is 0.573. The molecule has 0 saturated heterocycles. The minimum atomic E-state index is -0.370. The lowest BCUT2D eigenvalue weighted by molar-refractivity contribution is -0.118. The van der Waals surface area contributed by atoms with Crippen LogP contribution in [0.3, 0.4) is 0 Å². The number of carbonyl (C=O) groups excluding carboxylic acids is 1. The molecule has 3 aromatic carbocycles. The summed E-state index contributed by atoms with van der Waals surface area (Å²) < 4.78 is 0. The normalized spacial score (nSPS) is 11.9. The minimum absolute atomic E-state index is 0.161. The number of benzene rings is 3. The van der Waals surface area contributed by atoms with Gasteiger partial charge in [0.2, 0.25) is 0 Å². The van der Waals surface area contributed by atoms with Gasteiger partial charge in [0.1, 0.15) is 0 Å². The SMILES string of the molecule is N=CC(=O)C(Cc1ccccc1)N(Cc1ccccc1)Cc1ccccc1. The van der Waals surface area contributed by atoms with Gasteiger partial charge in [-0.2, -0.15) is 0 Å². The first-order chi connectivity index (χ1) is 13.3. The molecule has 27 heavy (non-hydrogen) atoms. The van der Waals surface area contributed by atoms with Crippen LogP contribution >= 0.6 is 0 Å². The fourth-order valence-corrected chi connectivity index (χ4v) is 3.26. The molecule has 0 aromatic heterocycles. The van der Waals surface area contributed by atoms with E-state index in [4.69, 9.17) is 5.41 Å². The molecule has 1 unspecified atom stereocenters. The first-order valence-corrected chi connectivity index (χ1v) is 9.16. The first kappa shape index (κ1) is 18.7. The van der Waals surface area contributed by atoms with Crippen molar-refractivity contribution in [3.8, 4) is 0 Å². The molecular formula is C24H24N2O. The summed E-state index contributed by atoms with van der Waals surface area (Å²) in [6, 6.07) is 30.0. The van der Waals surface area contributed by atoms with Gasteiger partial charge in [0.15, 0.2) is 5.78 Å². The van der Waals surface area contributed by atoms with Gasteiger partial charge < -0.3 is 5.41 Å². The summed E-state index contributed by atoms with van der Waals surface area (Å²) >= 11 is 0. The van der Waals surface area contributed by atoms with Gasteiger partial charge in [-0.1, -0.05) is 91.0 Å². The number of rotatable bonds is 9. The molecule has 0 spiro atoms. The predicted octanol–water partition coefficient (Wildman–Crippen LogP) is 4.52. The summed E-state index contributed by atoms with van der Waals surface area (Å²) in [6.07, 6.45) is 1.55. The van der Waals surface area contributed by atoms with Crippen molar-refractivity contribution >= 4 is 12.0 Å². The molecule has 3 heteroatoms. The number of hydrogen-bond donors (Lipinski definition) is 1. The van der Waals surface area contributed by atoms with Crippen LogP contribution in [-0.2, 0) is 24.3 Å². The van der Waals surface area contributed by atoms with Crippen LogP contribution in [0.4, 0.5) is 0 Å². The number of Topliss-reactive ketones (excluding diaryl/α,β-unsaturated/α-hetero) is 1. The van der Waals surface area contributed by atoms with Crippen molar-refractivity contribution in [2.45, 2.75) is 25.6 Å². The lowest BCUT2D eigenvalue weighted by atomic mass is 9.99. The van der Waals surface area contributed by atoms with E-state index >= 15 is 0 Å². The smallest absolute Gasteiger partial charge is 0.190 e. The fraction of sp³-hybridized carbons (Fsp3) is 0.167. The van der Waals surface area contributed by atoms with E-state index in [1.807, 2.05) is 66.7 Å². The van der Waals surface area contributed by atoms with Gasteiger partial charge in [-0.15, -0.1) is 0 Å². The van der Waals surface area contributed by atoms with Crippen molar-refractivity contribution in [3.05, 3.63) is 108 Å². The lowest BCUT2D eigenvalue weighted by Gasteiger charge is -2.30. The molecule has 0 saturated carbocycles. The zero-order valence-electron chi connectivity index (χ0n) is 15.3. The third-order valence-corrected chi connectivity index (χ3v) is 4.64. The Hall–Kier alpha value is -3.04. The minimum Gasteiger partial charge on any atom is -0.305 e. The molecule has 0 aliphatic heterocycles. The maximum absolute atomic E-state index is 12.7. The van der Waals surface area contributed by atoms with E-state index < -0.39 is 0 Å². The van der Waals surface area contributed by atoms with Gasteiger partial charge in [-0.3, -0.25) is 9.69 Å². The van der Waals surface area contributed by atoms with Crippen LogP contribution in [0, 0.1) is 5.41 Å². The Morgan fingerprint density at radius 1 is 0.741 bits per heavy atom. The summed E-state index contributed by atoms with van der Waals surface area (Å²) in [4.78, 5) is 14.8. The number of hydrogen-bond acceptors (Lipinski definition) is 3. The average molecular weight is 356 g/mol. The number of carbonyl (C=O) groups is 1. The van der Waals surface area contributed by atoms with Crippen molar-refractivity contribution in [2.24, 2.45) is 0 Å². The first-order valence-electron chi connectivity index (χ1n) is 9.16. The Labute approximate surface area is 160 Å². The second-order valence-electron chi connectivity index (χ2n) is 6.63. The van der Waals surface area contributed by atoms with Crippen LogP contribution in [0.2, 0.25) is 0 Å². The topological polar surface area (TPSA) is 44.2 Å². The van der Waals surface area contributed by atoms with Gasteiger partial charge in [0.25, 0.3) is 0 Å². The molecule has 1 N–H and O–H groups in total. The third-order valence-electron chi connectivity index (χ3n) is 4.64. The van der Waals surface area contributed by atoms with Crippen LogP contribution < -0.4 is 0 Å². The third kappa shape index (κ3) is 5.47. The van der Waals surface area contributed by atoms with Crippen LogP contribution in [-0.4, -0.2) is 22.9 Å². The highest BCUT2D eigenvalue weighted by Crippen LogP contribution is 2.17. The maximum atomic E-state index is 12.7. The van der Waals surface area contributed by atoms with E-state index in [9.17, 15) is 4.79 Å². The van der Waals surface area contributed by atoms with Crippen molar-refractivity contribution in [1.29, 1.82) is 5.41 Å². The summed E-state index contributed by atoms with van der Waals surface area (Å²) in [6.45, 7) is 1.32. The Bertz CT molecular complexity index is 806. The van der Waals surface area contributed by atoms with E-state index in [0.29, 0.717) is 19.5 Å². The van der Waals surface area contributed by atoms with Gasteiger partial charge in [0, 0.05) is 13.1 Å². The largest absolute Gasteiger partial charge is 0.305 e. The molecule has 0 amide bonds. The Morgan fingerprint density at radius 3 is 1.56 bits per heavy atom. The van der Waals surface area contributed by atoms with E-state index in [2.05, 4.69) is 29.2 Å². The molecule has 136 valence electrons. The van der Waals surface area contributed by atoms with E-state index in [-0.39, 0.29) is 11.8 Å². The monoisotopic (exact) mass is 356 g/mol. The fourth-order valence-electron chi connectivity index (χ4n) is 3.26. The van der Waals surface area contributed by atoms with E-state index in [1.54, 1.807) is 0 Å². The van der Waals surface area contributed by atoms with Gasteiger partial charge in [-0.05, 0) is 23.1 Å². The zero-order chi connectivity index (χ0) is 18.9. The molecule has 0 aliphatic carbocycles. The van der Waals surface area contributed by atoms with Crippen molar-refractivity contribution in [2.75, 3.05) is 0 Å². The van der Waals surface area contributed by atoms with Crippen LogP contribution in [0.1, 0.15) is 16.7 Å². The molecule has 0 fully saturated rings. The summed E-state index contributed by atoms with van der Waals surface area (Å²) in [5, 5.41) is 7.56. The standard InChI is InChI=1S/C24H24N2O/c25-17-24(27)23(16-20-10-4-1-5-11-20)26(18-21-12-6-2-7-13-21)19-22-14-8-3-9-15-22/h1-15,17,23,25H,16,18-19H2. The number of ketones is 1. The predicted molar refractivity (Wildman–Crippen MR) is 110 cm³/mol. The summed E-state index contributed by atoms with van der Waals surface area (Å²) in [5.74, 6) is -0.161. The maximum Gasteiger partial charge on any atom is 0.190 e. The molecule has 0 radical (unpaired) electrons. The average Bonchev–Trinajstić information content (AvgIpc) is 2.73. The molecule has 3 rings (SSSR count). The Kier molecular flexibility index (Phi) is 6.66. The highest BCUT2D eigenvalue weighted by molar-refractivity contribution is 6.28. The number of nitrogens with one attached hydrogen (secondary N) is 1. The van der Waals surface area contributed by atoms with Crippen LogP contribution in [0.5, 0.6) is 0 Å². The Balaban J connectivity index is 1.90. The van der Waals surface area contributed by atoms with E-state index in [1.165, 1.54) is 0 Å². The van der Waals surface area contributed by atoms with Crippen molar-refractivity contribution in [1.82, 2.24) is 4.90 Å². The van der Waals surface area contributed by atoms with Gasteiger partial charge in [0.05, 0.1) is 12.3 Å². The second-order valence-corrected chi connectivity index (χ2v) is 6.63. The molecule has 0 heterocycles. The van der Waals surface area contributed by atoms with E-state index in [0.717, 1.165) is 22.9 Å². The van der Waals surface area contributed by atoms with Gasteiger partial charge >= 0.3 is 0 Å². The molecule has 3 aromatic rings. The highest BCUT2D eigenvalue weighted by atomic mass is 16.1.